The van der Waals surface area contributed by atoms with Gasteiger partial charge in [-0.3, -0.25) is 4.99 Å². The van der Waals surface area contributed by atoms with Crippen molar-refractivity contribution in [2.45, 2.75) is 27.3 Å². The van der Waals surface area contributed by atoms with Crippen molar-refractivity contribution in [2.75, 3.05) is 7.11 Å². The fourth-order valence-electron chi connectivity index (χ4n) is 2.32. The normalized spacial score (nSPS) is 11.2. The number of methoxy groups -OCH3 is 1. The van der Waals surface area contributed by atoms with Gasteiger partial charge in [0.25, 0.3) is 0 Å². The second kappa shape index (κ2) is 5.74. The van der Waals surface area contributed by atoms with Gasteiger partial charge in [-0.25, -0.2) is 0 Å². The molecule has 2 aromatic rings. The minimum absolute atomic E-state index is 0.794. The lowest BCUT2D eigenvalue weighted by molar-refractivity contribution is 0.416. The van der Waals surface area contributed by atoms with Crippen LogP contribution in [-0.4, -0.2) is 17.9 Å². The highest BCUT2D eigenvalue weighted by atomic mass is 16.5. The van der Waals surface area contributed by atoms with E-state index in [2.05, 4.69) is 36.4 Å². The second-order valence-corrected chi connectivity index (χ2v) is 4.50. The van der Waals surface area contributed by atoms with E-state index in [0.717, 1.165) is 23.5 Å². The van der Waals surface area contributed by atoms with Gasteiger partial charge in [0, 0.05) is 29.7 Å². The Morgan fingerprint density at radius 3 is 2.63 bits per heavy atom. The summed E-state index contributed by atoms with van der Waals surface area (Å²) in [6.45, 7) is 7.39. The number of ether oxygens (including phenoxy) is 1. The van der Waals surface area contributed by atoms with Crippen LogP contribution in [0.25, 0.3) is 0 Å². The van der Waals surface area contributed by atoms with E-state index < -0.39 is 0 Å². The lowest BCUT2D eigenvalue weighted by Crippen LogP contribution is -1.99. The van der Waals surface area contributed by atoms with Crippen molar-refractivity contribution in [3.05, 3.63) is 47.3 Å². The van der Waals surface area contributed by atoms with Crippen LogP contribution >= 0.6 is 0 Å². The fraction of sp³-hybridized carbons (Fsp3) is 0.312. The summed E-state index contributed by atoms with van der Waals surface area (Å²) in [6, 6.07) is 9.94. The first-order valence-electron chi connectivity index (χ1n) is 6.51. The lowest BCUT2D eigenvalue weighted by Gasteiger charge is -2.04. The number of para-hydroxylation sites is 2. The molecule has 2 rings (SSSR count). The van der Waals surface area contributed by atoms with Crippen LogP contribution in [0.5, 0.6) is 5.75 Å². The minimum atomic E-state index is 0.794. The third-order valence-electron chi connectivity index (χ3n) is 3.36. The zero-order chi connectivity index (χ0) is 13.8. The lowest BCUT2D eigenvalue weighted by atomic mass is 10.2. The summed E-state index contributed by atoms with van der Waals surface area (Å²) in [4.78, 5) is 4.53. The van der Waals surface area contributed by atoms with E-state index in [1.165, 1.54) is 11.4 Å². The highest BCUT2D eigenvalue weighted by Crippen LogP contribution is 2.26. The van der Waals surface area contributed by atoms with Crippen molar-refractivity contribution in [1.82, 2.24) is 4.57 Å². The molecule has 100 valence electrons. The number of hydrogen-bond donors (Lipinski definition) is 0. The van der Waals surface area contributed by atoms with Crippen LogP contribution in [0.2, 0.25) is 0 Å². The molecule has 0 bridgehead atoms. The summed E-state index contributed by atoms with van der Waals surface area (Å²) >= 11 is 0. The van der Waals surface area contributed by atoms with E-state index >= 15 is 0 Å². The fourth-order valence-corrected chi connectivity index (χ4v) is 2.32. The molecule has 0 fully saturated rings. The van der Waals surface area contributed by atoms with Gasteiger partial charge in [0.15, 0.2) is 0 Å². The first kappa shape index (κ1) is 13.4. The molecule has 0 atom stereocenters. The van der Waals surface area contributed by atoms with Crippen molar-refractivity contribution in [1.29, 1.82) is 0 Å². The van der Waals surface area contributed by atoms with Crippen molar-refractivity contribution < 1.29 is 4.74 Å². The van der Waals surface area contributed by atoms with Crippen molar-refractivity contribution in [2.24, 2.45) is 4.99 Å². The molecule has 3 heteroatoms. The molecule has 0 saturated carbocycles. The van der Waals surface area contributed by atoms with Crippen molar-refractivity contribution >= 4 is 11.9 Å². The largest absolute Gasteiger partial charge is 0.494 e. The average molecular weight is 256 g/mol. The molecule has 0 N–H and O–H groups in total. The molecule has 0 aliphatic heterocycles. The number of rotatable bonds is 4. The van der Waals surface area contributed by atoms with Gasteiger partial charge in [-0.1, -0.05) is 12.1 Å². The Morgan fingerprint density at radius 2 is 2.00 bits per heavy atom. The first-order chi connectivity index (χ1) is 9.17. The van der Waals surface area contributed by atoms with Gasteiger partial charge < -0.3 is 9.30 Å². The molecule has 0 unspecified atom stereocenters. The summed E-state index contributed by atoms with van der Waals surface area (Å²) in [5, 5.41) is 0. The SMILES string of the molecule is CCn1c(C)cc(C=Nc2ccccc2OC)c1C. The van der Waals surface area contributed by atoms with Gasteiger partial charge in [0.1, 0.15) is 11.4 Å². The van der Waals surface area contributed by atoms with E-state index in [0.29, 0.717) is 0 Å². The van der Waals surface area contributed by atoms with Crippen LogP contribution in [0.3, 0.4) is 0 Å². The van der Waals surface area contributed by atoms with Gasteiger partial charge in [-0.2, -0.15) is 0 Å². The molecular weight excluding hydrogens is 236 g/mol. The molecular formula is C16H20N2O. The maximum absolute atomic E-state index is 5.30. The van der Waals surface area contributed by atoms with E-state index in [-0.39, 0.29) is 0 Å². The standard InChI is InChI=1S/C16H20N2O/c1-5-18-12(2)10-14(13(18)3)11-17-15-8-6-7-9-16(15)19-4/h6-11H,5H2,1-4H3. The third kappa shape index (κ3) is 2.70. The van der Waals surface area contributed by atoms with Gasteiger partial charge in [0.2, 0.25) is 0 Å². The molecule has 0 amide bonds. The molecule has 3 nitrogen and oxygen atoms in total. The molecule has 0 aliphatic rings. The maximum atomic E-state index is 5.30. The summed E-state index contributed by atoms with van der Waals surface area (Å²) in [5.41, 5.74) is 4.52. The molecule has 1 aromatic carbocycles. The molecule has 19 heavy (non-hydrogen) atoms. The number of aliphatic imine (C=N–C) groups is 1. The monoisotopic (exact) mass is 256 g/mol. The van der Waals surface area contributed by atoms with Crippen molar-refractivity contribution in [3.8, 4) is 5.75 Å². The molecule has 0 saturated heterocycles. The van der Waals surface area contributed by atoms with Gasteiger partial charge in [-0.15, -0.1) is 0 Å². The van der Waals surface area contributed by atoms with E-state index in [9.17, 15) is 0 Å². The Hall–Kier alpha value is -2.03. The molecule has 0 aliphatic carbocycles. The van der Waals surface area contributed by atoms with Crippen LogP contribution in [0.4, 0.5) is 5.69 Å². The van der Waals surface area contributed by atoms with E-state index in [1.54, 1.807) is 7.11 Å². The number of hydrogen-bond acceptors (Lipinski definition) is 2. The summed E-state index contributed by atoms with van der Waals surface area (Å²) < 4.78 is 7.58. The number of aromatic nitrogens is 1. The van der Waals surface area contributed by atoms with Gasteiger partial charge >= 0.3 is 0 Å². The van der Waals surface area contributed by atoms with Crippen LogP contribution in [-0.2, 0) is 6.54 Å². The highest BCUT2D eigenvalue weighted by molar-refractivity contribution is 5.84. The Morgan fingerprint density at radius 1 is 1.26 bits per heavy atom. The molecule has 0 spiro atoms. The van der Waals surface area contributed by atoms with Crippen LogP contribution in [0, 0.1) is 13.8 Å². The zero-order valence-corrected chi connectivity index (χ0v) is 12.0. The number of aryl methyl sites for hydroxylation is 1. The Kier molecular flexibility index (Phi) is 4.05. The quantitative estimate of drug-likeness (QED) is 0.762. The predicted molar refractivity (Wildman–Crippen MR) is 79.8 cm³/mol. The third-order valence-corrected chi connectivity index (χ3v) is 3.36. The first-order valence-corrected chi connectivity index (χ1v) is 6.51. The van der Waals surface area contributed by atoms with E-state index in [4.69, 9.17) is 4.74 Å². The van der Waals surface area contributed by atoms with Gasteiger partial charge in [0.05, 0.1) is 7.11 Å². The highest BCUT2D eigenvalue weighted by Gasteiger charge is 2.06. The Balaban J connectivity index is 2.33. The molecule has 1 heterocycles. The molecule has 1 aromatic heterocycles. The Bertz CT molecular complexity index is 597. The van der Waals surface area contributed by atoms with Gasteiger partial charge in [-0.05, 0) is 39.0 Å². The van der Waals surface area contributed by atoms with Crippen LogP contribution in [0.15, 0.2) is 35.3 Å². The van der Waals surface area contributed by atoms with Crippen molar-refractivity contribution in [3.63, 3.8) is 0 Å². The summed E-state index contributed by atoms with van der Waals surface area (Å²) in [6.07, 6.45) is 1.91. The van der Waals surface area contributed by atoms with Crippen LogP contribution in [0.1, 0.15) is 23.9 Å². The summed E-state index contributed by atoms with van der Waals surface area (Å²) in [5.74, 6) is 0.794. The topological polar surface area (TPSA) is 26.5 Å². The van der Waals surface area contributed by atoms with Crippen LogP contribution < -0.4 is 4.74 Å². The number of benzene rings is 1. The number of nitrogens with zero attached hydrogens (tertiary/aromatic N) is 2. The summed E-state index contributed by atoms with van der Waals surface area (Å²) in [7, 11) is 1.66. The van der Waals surface area contributed by atoms with E-state index in [1.807, 2.05) is 30.5 Å². The smallest absolute Gasteiger partial charge is 0.144 e. The molecule has 0 radical (unpaired) electrons. The maximum Gasteiger partial charge on any atom is 0.144 e. The predicted octanol–water partition coefficient (Wildman–Crippen LogP) is 3.88. The Labute approximate surface area is 114 Å². The minimum Gasteiger partial charge on any atom is -0.494 e. The zero-order valence-electron chi connectivity index (χ0n) is 12.0. The second-order valence-electron chi connectivity index (χ2n) is 4.50. The average Bonchev–Trinajstić information content (AvgIpc) is 2.71.